The number of ether oxygens (including phenoxy) is 2. The molecule has 0 aromatic heterocycles. The van der Waals surface area contributed by atoms with Gasteiger partial charge < -0.3 is 19.7 Å². The van der Waals surface area contributed by atoms with E-state index in [1.807, 2.05) is 38.1 Å². The molecule has 1 atom stereocenters. The second-order valence-electron chi connectivity index (χ2n) is 9.63. The van der Waals surface area contributed by atoms with Crippen LogP contribution in [0.1, 0.15) is 52.8 Å². The fraction of sp³-hybridized carbons (Fsp3) is 0.367. The Kier molecular flexibility index (Phi) is 7.85. The molecule has 36 heavy (non-hydrogen) atoms. The SMILES string of the molecule is COc1cc2c(cc1OCCc1cccc(O)c1)C(c1c(C)cc(C)cc1O)N(CCC(C)=O)CC2. The lowest BCUT2D eigenvalue weighted by Crippen LogP contribution is -2.37. The number of phenolic OH excluding ortho intramolecular Hbond substituents is 2. The Morgan fingerprint density at radius 2 is 1.89 bits per heavy atom. The molecule has 1 aliphatic rings. The molecule has 1 aliphatic heterocycles. The number of phenols is 2. The summed E-state index contributed by atoms with van der Waals surface area (Å²) in [4.78, 5) is 14.1. The normalized spacial score (nSPS) is 15.4. The van der Waals surface area contributed by atoms with E-state index in [1.54, 1.807) is 32.2 Å². The predicted octanol–water partition coefficient (Wildman–Crippen LogP) is 5.27. The van der Waals surface area contributed by atoms with Crippen molar-refractivity contribution in [3.8, 4) is 23.0 Å². The molecule has 0 fully saturated rings. The van der Waals surface area contributed by atoms with Crippen molar-refractivity contribution in [3.05, 3.63) is 81.9 Å². The third-order valence-electron chi connectivity index (χ3n) is 6.85. The van der Waals surface area contributed by atoms with Crippen LogP contribution in [0.3, 0.4) is 0 Å². The number of rotatable bonds is 9. The Bertz CT molecular complexity index is 1230. The van der Waals surface area contributed by atoms with E-state index in [4.69, 9.17) is 9.47 Å². The second-order valence-corrected chi connectivity index (χ2v) is 9.63. The van der Waals surface area contributed by atoms with Crippen LogP contribution in [0.2, 0.25) is 0 Å². The lowest BCUT2D eigenvalue weighted by atomic mass is 9.85. The van der Waals surface area contributed by atoms with Crippen molar-refractivity contribution in [2.45, 2.75) is 46.1 Å². The largest absolute Gasteiger partial charge is 0.508 e. The summed E-state index contributed by atoms with van der Waals surface area (Å²) in [6, 6.07) is 14.9. The van der Waals surface area contributed by atoms with E-state index >= 15 is 0 Å². The zero-order valence-electron chi connectivity index (χ0n) is 21.5. The molecule has 0 saturated heterocycles. The number of aryl methyl sites for hydroxylation is 2. The van der Waals surface area contributed by atoms with Crippen LogP contribution in [0.5, 0.6) is 23.0 Å². The molecule has 0 aliphatic carbocycles. The van der Waals surface area contributed by atoms with Crippen molar-refractivity contribution >= 4 is 5.78 Å². The zero-order valence-corrected chi connectivity index (χ0v) is 21.5. The molecule has 0 radical (unpaired) electrons. The van der Waals surface area contributed by atoms with Gasteiger partial charge in [0.2, 0.25) is 0 Å². The molecule has 6 nitrogen and oxygen atoms in total. The van der Waals surface area contributed by atoms with E-state index in [-0.39, 0.29) is 23.3 Å². The molecule has 1 unspecified atom stereocenters. The molecule has 4 rings (SSSR count). The molecule has 0 saturated carbocycles. The maximum absolute atomic E-state index is 11.8. The maximum Gasteiger partial charge on any atom is 0.161 e. The minimum atomic E-state index is -0.201. The highest BCUT2D eigenvalue weighted by molar-refractivity contribution is 5.75. The summed E-state index contributed by atoms with van der Waals surface area (Å²) >= 11 is 0. The van der Waals surface area contributed by atoms with Gasteiger partial charge in [-0.15, -0.1) is 0 Å². The Hall–Kier alpha value is -3.51. The summed E-state index contributed by atoms with van der Waals surface area (Å²) in [5.41, 5.74) is 6.07. The molecular formula is C30H35NO5. The van der Waals surface area contributed by atoms with Crippen molar-refractivity contribution < 1.29 is 24.5 Å². The minimum absolute atomic E-state index is 0.148. The number of carbonyl (C=O) groups is 1. The van der Waals surface area contributed by atoms with Crippen molar-refractivity contribution in [2.24, 2.45) is 0 Å². The van der Waals surface area contributed by atoms with Crippen molar-refractivity contribution in [2.75, 3.05) is 26.8 Å². The van der Waals surface area contributed by atoms with Crippen LogP contribution < -0.4 is 9.47 Å². The number of Topliss-reactive ketones (excluding diaryl/α,β-unsaturated/α-hetero) is 1. The van der Waals surface area contributed by atoms with E-state index < -0.39 is 0 Å². The summed E-state index contributed by atoms with van der Waals surface area (Å²) in [6.45, 7) is 7.43. The maximum atomic E-state index is 11.8. The molecule has 190 valence electrons. The highest BCUT2D eigenvalue weighted by atomic mass is 16.5. The van der Waals surface area contributed by atoms with Crippen LogP contribution in [0, 0.1) is 13.8 Å². The van der Waals surface area contributed by atoms with Gasteiger partial charge in [-0.2, -0.15) is 0 Å². The Balaban J connectivity index is 1.71. The third-order valence-corrected chi connectivity index (χ3v) is 6.85. The second kappa shape index (κ2) is 11.0. The molecule has 3 aromatic carbocycles. The van der Waals surface area contributed by atoms with Gasteiger partial charge in [0.25, 0.3) is 0 Å². The van der Waals surface area contributed by atoms with Gasteiger partial charge in [-0.3, -0.25) is 9.69 Å². The lowest BCUT2D eigenvalue weighted by Gasteiger charge is -2.39. The van der Waals surface area contributed by atoms with Crippen molar-refractivity contribution in [1.82, 2.24) is 4.90 Å². The average molecular weight is 490 g/mol. The first kappa shape index (κ1) is 25.6. The Morgan fingerprint density at radius 1 is 1.08 bits per heavy atom. The fourth-order valence-electron chi connectivity index (χ4n) is 5.13. The first-order valence-corrected chi connectivity index (χ1v) is 12.4. The van der Waals surface area contributed by atoms with Gasteiger partial charge >= 0.3 is 0 Å². The van der Waals surface area contributed by atoms with Crippen molar-refractivity contribution in [1.29, 1.82) is 0 Å². The number of benzene rings is 3. The summed E-state index contributed by atoms with van der Waals surface area (Å²) in [7, 11) is 1.64. The van der Waals surface area contributed by atoms with Crippen LogP contribution >= 0.6 is 0 Å². The number of hydrogen-bond donors (Lipinski definition) is 2. The number of aromatic hydroxyl groups is 2. The van der Waals surface area contributed by atoms with Crippen LogP contribution in [0.4, 0.5) is 0 Å². The molecule has 1 heterocycles. The van der Waals surface area contributed by atoms with Gasteiger partial charge in [0, 0.05) is 31.5 Å². The van der Waals surface area contributed by atoms with E-state index in [1.165, 1.54) is 0 Å². The van der Waals surface area contributed by atoms with Crippen LogP contribution in [0.25, 0.3) is 0 Å². The van der Waals surface area contributed by atoms with Gasteiger partial charge in [0.15, 0.2) is 11.5 Å². The van der Waals surface area contributed by atoms with E-state index in [9.17, 15) is 15.0 Å². The van der Waals surface area contributed by atoms with Gasteiger partial charge in [0.1, 0.15) is 17.3 Å². The minimum Gasteiger partial charge on any atom is -0.508 e. The molecule has 0 spiro atoms. The van der Waals surface area contributed by atoms with Gasteiger partial charge in [-0.05, 0) is 85.3 Å². The quantitative estimate of drug-likeness (QED) is 0.426. The van der Waals surface area contributed by atoms with Gasteiger partial charge in [0.05, 0.1) is 19.8 Å². The third kappa shape index (κ3) is 5.65. The summed E-state index contributed by atoms with van der Waals surface area (Å²) in [6.07, 6.45) is 1.91. The topological polar surface area (TPSA) is 79.2 Å². The van der Waals surface area contributed by atoms with Gasteiger partial charge in [-0.25, -0.2) is 0 Å². The van der Waals surface area contributed by atoms with E-state index in [2.05, 4.69) is 11.0 Å². The molecule has 0 bridgehead atoms. The van der Waals surface area contributed by atoms with Crippen molar-refractivity contribution in [3.63, 3.8) is 0 Å². The molecule has 2 N–H and O–H groups in total. The number of hydrogen-bond acceptors (Lipinski definition) is 6. The number of nitrogens with zero attached hydrogens (tertiary/aromatic N) is 1. The number of methoxy groups -OCH3 is 1. The smallest absolute Gasteiger partial charge is 0.161 e. The summed E-state index contributed by atoms with van der Waals surface area (Å²) in [5, 5.41) is 20.8. The average Bonchev–Trinajstić information content (AvgIpc) is 2.82. The predicted molar refractivity (Wildman–Crippen MR) is 140 cm³/mol. The van der Waals surface area contributed by atoms with Crippen LogP contribution in [-0.2, 0) is 17.6 Å². The highest BCUT2D eigenvalue weighted by Crippen LogP contribution is 2.44. The van der Waals surface area contributed by atoms with E-state index in [0.29, 0.717) is 37.5 Å². The molecule has 0 amide bonds. The summed E-state index contributed by atoms with van der Waals surface area (Å²) in [5.74, 6) is 1.96. The molecule has 6 heteroatoms. The first-order chi connectivity index (χ1) is 17.3. The fourth-order valence-corrected chi connectivity index (χ4v) is 5.13. The van der Waals surface area contributed by atoms with E-state index in [0.717, 1.165) is 46.3 Å². The molecule has 3 aromatic rings. The monoisotopic (exact) mass is 489 g/mol. The number of fused-ring (bicyclic) bond motifs is 1. The standard InChI is InChI=1S/C30H35NO5/c1-19-14-20(2)29(26(34)15-19)30-25-18-28(36-13-10-22-6-5-7-24(33)16-22)27(35-4)17-23(25)9-12-31(30)11-8-21(3)32/h5-7,14-18,30,33-34H,8-13H2,1-4H3. The zero-order chi connectivity index (χ0) is 25.8. The van der Waals surface area contributed by atoms with Crippen LogP contribution in [0.15, 0.2) is 48.5 Å². The number of ketones is 1. The number of carbonyl (C=O) groups excluding carboxylic acids is 1. The lowest BCUT2D eigenvalue weighted by molar-refractivity contribution is -0.117. The first-order valence-electron chi connectivity index (χ1n) is 12.4. The molecular weight excluding hydrogens is 454 g/mol. The summed E-state index contributed by atoms with van der Waals surface area (Å²) < 4.78 is 11.9. The Morgan fingerprint density at radius 3 is 2.58 bits per heavy atom. The highest BCUT2D eigenvalue weighted by Gasteiger charge is 2.33. The van der Waals surface area contributed by atoms with Crippen LogP contribution in [-0.4, -0.2) is 47.7 Å². The van der Waals surface area contributed by atoms with Gasteiger partial charge in [-0.1, -0.05) is 18.2 Å². The Labute approximate surface area is 213 Å².